The van der Waals surface area contributed by atoms with Gasteiger partial charge in [0.2, 0.25) is 0 Å². The maximum absolute atomic E-state index is 11.8. The highest BCUT2D eigenvalue weighted by atomic mass is 16.5. The Labute approximate surface area is 119 Å². The van der Waals surface area contributed by atoms with Crippen LogP contribution in [0.2, 0.25) is 0 Å². The average molecular weight is 279 g/mol. The minimum atomic E-state index is -0.341. The molecule has 0 saturated heterocycles. The van der Waals surface area contributed by atoms with E-state index in [9.17, 15) is 9.59 Å². The van der Waals surface area contributed by atoms with Gasteiger partial charge < -0.3 is 14.8 Å². The Balaban J connectivity index is 2.43. The van der Waals surface area contributed by atoms with Crippen LogP contribution >= 0.6 is 0 Å². The molecule has 1 rings (SSSR count). The van der Waals surface area contributed by atoms with Gasteiger partial charge in [0.05, 0.1) is 26.2 Å². The summed E-state index contributed by atoms with van der Waals surface area (Å²) in [6.45, 7) is 4.75. The van der Waals surface area contributed by atoms with E-state index in [0.717, 1.165) is 5.56 Å². The van der Waals surface area contributed by atoms with Gasteiger partial charge in [0.25, 0.3) is 5.91 Å². The molecule has 0 aromatic heterocycles. The van der Waals surface area contributed by atoms with Crippen LogP contribution in [-0.2, 0) is 20.9 Å². The summed E-state index contributed by atoms with van der Waals surface area (Å²) in [7, 11) is 1.32. The molecule has 0 bridgehead atoms. The Hall–Kier alpha value is -1.88. The normalized spacial score (nSPS) is 10.4. The first kappa shape index (κ1) is 16.2. The molecular formula is C15H21NO4. The molecule has 110 valence electrons. The fourth-order valence-corrected chi connectivity index (χ4v) is 1.50. The van der Waals surface area contributed by atoms with Gasteiger partial charge in [0, 0.05) is 12.1 Å². The van der Waals surface area contributed by atoms with Crippen LogP contribution in [-0.4, -0.2) is 31.6 Å². The highest BCUT2D eigenvalue weighted by molar-refractivity contribution is 5.94. The summed E-state index contributed by atoms with van der Waals surface area (Å²) >= 11 is 0. The van der Waals surface area contributed by atoms with Crippen molar-refractivity contribution in [1.29, 1.82) is 0 Å². The van der Waals surface area contributed by atoms with Gasteiger partial charge >= 0.3 is 5.97 Å². The van der Waals surface area contributed by atoms with Gasteiger partial charge in [-0.15, -0.1) is 0 Å². The number of nitrogens with one attached hydrogen (secondary N) is 1. The third-order valence-electron chi connectivity index (χ3n) is 2.64. The Kier molecular flexibility index (Phi) is 6.73. The molecule has 5 nitrogen and oxygen atoms in total. The van der Waals surface area contributed by atoms with Crippen LogP contribution in [0, 0.1) is 0 Å². The number of amides is 1. The van der Waals surface area contributed by atoms with Crippen LogP contribution in [0.3, 0.4) is 0 Å². The summed E-state index contributed by atoms with van der Waals surface area (Å²) in [5, 5.41) is 2.66. The highest BCUT2D eigenvalue weighted by Crippen LogP contribution is 2.07. The minimum absolute atomic E-state index is 0.169. The number of benzene rings is 1. The van der Waals surface area contributed by atoms with Gasteiger partial charge in [-0.25, -0.2) is 0 Å². The third kappa shape index (κ3) is 5.84. The van der Waals surface area contributed by atoms with Gasteiger partial charge in [-0.1, -0.05) is 12.1 Å². The van der Waals surface area contributed by atoms with Crippen molar-refractivity contribution in [3.63, 3.8) is 0 Å². The van der Waals surface area contributed by atoms with Crippen molar-refractivity contribution in [2.24, 2.45) is 0 Å². The first-order chi connectivity index (χ1) is 9.52. The minimum Gasteiger partial charge on any atom is -0.469 e. The number of carbonyl (C=O) groups is 2. The molecule has 0 heterocycles. The molecule has 0 fully saturated rings. The number of rotatable bonds is 7. The van der Waals surface area contributed by atoms with E-state index < -0.39 is 0 Å². The summed E-state index contributed by atoms with van der Waals surface area (Å²) < 4.78 is 9.98. The van der Waals surface area contributed by atoms with Crippen LogP contribution in [0.5, 0.6) is 0 Å². The average Bonchev–Trinajstić information content (AvgIpc) is 2.45. The van der Waals surface area contributed by atoms with Crippen molar-refractivity contribution in [1.82, 2.24) is 5.32 Å². The predicted molar refractivity (Wildman–Crippen MR) is 75.3 cm³/mol. The quantitative estimate of drug-likeness (QED) is 0.774. The van der Waals surface area contributed by atoms with E-state index in [4.69, 9.17) is 4.74 Å². The van der Waals surface area contributed by atoms with Crippen molar-refractivity contribution in [3.8, 4) is 0 Å². The fourth-order valence-electron chi connectivity index (χ4n) is 1.50. The van der Waals surface area contributed by atoms with E-state index in [1.165, 1.54) is 7.11 Å². The van der Waals surface area contributed by atoms with E-state index in [0.29, 0.717) is 12.2 Å². The number of hydrogen-bond acceptors (Lipinski definition) is 4. The summed E-state index contributed by atoms with van der Waals surface area (Å²) in [6.07, 6.45) is 0.346. The Morgan fingerprint density at radius 1 is 1.20 bits per heavy atom. The molecule has 1 N–H and O–H groups in total. The van der Waals surface area contributed by atoms with Crippen molar-refractivity contribution in [2.75, 3.05) is 13.7 Å². The summed E-state index contributed by atoms with van der Waals surface area (Å²) in [5.41, 5.74) is 1.58. The first-order valence-electron chi connectivity index (χ1n) is 6.58. The van der Waals surface area contributed by atoms with Crippen molar-refractivity contribution in [2.45, 2.75) is 33.0 Å². The lowest BCUT2D eigenvalue weighted by Crippen LogP contribution is -2.26. The number of esters is 1. The lowest BCUT2D eigenvalue weighted by atomic mass is 10.1. The lowest BCUT2D eigenvalue weighted by molar-refractivity contribution is -0.140. The highest BCUT2D eigenvalue weighted by Gasteiger charge is 2.06. The van der Waals surface area contributed by atoms with E-state index in [2.05, 4.69) is 10.1 Å². The Bertz CT molecular complexity index is 440. The van der Waals surface area contributed by atoms with E-state index in [-0.39, 0.29) is 30.9 Å². The van der Waals surface area contributed by atoms with Gasteiger partial charge in [0.15, 0.2) is 0 Å². The Morgan fingerprint density at radius 3 is 2.40 bits per heavy atom. The van der Waals surface area contributed by atoms with E-state index in [1.807, 2.05) is 26.0 Å². The third-order valence-corrected chi connectivity index (χ3v) is 2.64. The van der Waals surface area contributed by atoms with E-state index >= 15 is 0 Å². The van der Waals surface area contributed by atoms with Crippen LogP contribution in [0.15, 0.2) is 24.3 Å². The molecule has 0 aliphatic rings. The van der Waals surface area contributed by atoms with Gasteiger partial charge in [0.1, 0.15) is 0 Å². The van der Waals surface area contributed by atoms with Crippen LogP contribution < -0.4 is 5.32 Å². The fraction of sp³-hybridized carbons (Fsp3) is 0.467. The number of ether oxygens (including phenoxy) is 2. The molecule has 0 radical (unpaired) electrons. The molecule has 0 atom stereocenters. The van der Waals surface area contributed by atoms with Gasteiger partial charge in [-0.2, -0.15) is 0 Å². The molecule has 20 heavy (non-hydrogen) atoms. The molecule has 5 heteroatoms. The number of methoxy groups -OCH3 is 1. The zero-order valence-corrected chi connectivity index (χ0v) is 12.1. The van der Waals surface area contributed by atoms with Crippen LogP contribution in [0.4, 0.5) is 0 Å². The second kappa shape index (κ2) is 8.32. The number of carbonyl (C=O) groups excluding carboxylic acids is 2. The molecule has 1 amide bonds. The van der Waals surface area contributed by atoms with Crippen LogP contribution in [0.25, 0.3) is 0 Å². The van der Waals surface area contributed by atoms with Gasteiger partial charge in [-0.05, 0) is 31.5 Å². The Morgan fingerprint density at radius 2 is 1.85 bits per heavy atom. The van der Waals surface area contributed by atoms with Crippen molar-refractivity contribution < 1.29 is 19.1 Å². The second-order valence-corrected chi connectivity index (χ2v) is 4.64. The molecule has 0 aliphatic heterocycles. The summed E-state index contributed by atoms with van der Waals surface area (Å²) in [5.74, 6) is -0.545. The van der Waals surface area contributed by atoms with E-state index in [1.54, 1.807) is 12.1 Å². The SMILES string of the molecule is COC(=O)CCNC(=O)c1ccc(COC(C)C)cc1. The van der Waals surface area contributed by atoms with Crippen LogP contribution in [0.1, 0.15) is 36.2 Å². The van der Waals surface area contributed by atoms with Gasteiger partial charge in [-0.3, -0.25) is 9.59 Å². The second-order valence-electron chi connectivity index (χ2n) is 4.64. The zero-order valence-electron chi connectivity index (χ0n) is 12.1. The molecule has 1 aromatic rings. The summed E-state index contributed by atoms with van der Waals surface area (Å²) in [6, 6.07) is 7.20. The lowest BCUT2D eigenvalue weighted by Gasteiger charge is -2.08. The number of hydrogen-bond donors (Lipinski definition) is 1. The first-order valence-corrected chi connectivity index (χ1v) is 6.58. The van der Waals surface area contributed by atoms with Crippen molar-refractivity contribution >= 4 is 11.9 Å². The molecular weight excluding hydrogens is 258 g/mol. The molecule has 0 saturated carbocycles. The predicted octanol–water partition coefficient (Wildman–Crippen LogP) is 1.90. The molecule has 0 unspecified atom stereocenters. The zero-order chi connectivity index (χ0) is 15.0. The standard InChI is InChI=1S/C15H21NO4/c1-11(2)20-10-12-4-6-13(7-5-12)15(18)16-9-8-14(17)19-3/h4-7,11H,8-10H2,1-3H3,(H,16,18). The summed E-state index contributed by atoms with van der Waals surface area (Å²) in [4.78, 5) is 22.7. The van der Waals surface area contributed by atoms with Crippen molar-refractivity contribution in [3.05, 3.63) is 35.4 Å². The molecule has 1 aromatic carbocycles. The molecule has 0 aliphatic carbocycles. The smallest absolute Gasteiger partial charge is 0.307 e. The molecule has 0 spiro atoms. The monoisotopic (exact) mass is 279 g/mol. The maximum Gasteiger partial charge on any atom is 0.307 e. The maximum atomic E-state index is 11.8. The largest absolute Gasteiger partial charge is 0.469 e. The topological polar surface area (TPSA) is 64.6 Å².